The molecule has 0 bridgehead atoms. The molecule has 2 rings (SSSR count). The van der Waals surface area contributed by atoms with E-state index in [1.807, 2.05) is 12.1 Å². The fraction of sp³-hybridized carbons (Fsp3) is 0.100. The van der Waals surface area contributed by atoms with Gasteiger partial charge in [0, 0.05) is 6.20 Å². The first-order chi connectivity index (χ1) is 5.86. The van der Waals surface area contributed by atoms with Crippen molar-refractivity contribution in [3.05, 3.63) is 42.1 Å². The Balaban J connectivity index is 2.48. The molecule has 2 nitrogen and oxygen atoms in total. The minimum Gasteiger partial charge on any atom is -0.278 e. The molecule has 0 aliphatic heterocycles. The fourth-order valence-electron chi connectivity index (χ4n) is 1.23. The zero-order valence-electron chi connectivity index (χ0n) is 6.91. The van der Waals surface area contributed by atoms with E-state index in [-0.39, 0.29) is 0 Å². The Kier molecular flexibility index (Phi) is 1.67. The number of H-pyrrole nitrogens is 1. The Hall–Kier alpha value is -1.57. The molecule has 0 saturated heterocycles. The van der Waals surface area contributed by atoms with Crippen LogP contribution in [-0.2, 0) is 0 Å². The van der Waals surface area contributed by atoms with Gasteiger partial charge in [-0.25, -0.2) is 0 Å². The third-order valence-corrected chi connectivity index (χ3v) is 1.83. The van der Waals surface area contributed by atoms with Crippen LogP contribution in [0.3, 0.4) is 0 Å². The van der Waals surface area contributed by atoms with E-state index in [9.17, 15) is 0 Å². The summed E-state index contributed by atoms with van der Waals surface area (Å²) in [6, 6.07) is 10.3. The molecular formula is C10H10N2. The number of hydrogen-bond acceptors (Lipinski definition) is 1. The molecule has 2 heteroatoms. The highest BCUT2D eigenvalue weighted by Gasteiger charge is 1.96. The van der Waals surface area contributed by atoms with Gasteiger partial charge in [-0.1, -0.05) is 23.8 Å². The highest BCUT2D eigenvalue weighted by atomic mass is 15.1. The third kappa shape index (κ3) is 1.23. The largest absolute Gasteiger partial charge is 0.278 e. The molecule has 0 radical (unpaired) electrons. The van der Waals surface area contributed by atoms with Crippen LogP contribution in [0.1, 0.15) is 5.56 Å². The lowest BCUT2D eigenvalue weighted by Gasteiger charge is -1.97. The second kappa shape index (κ2) is 2.81. The lowest BCUT2D eigenvalue weighted by atomic mass is 10.1. The summed E-state index contributed by atoms with van der Waals surface area (Å²) in [7, 11) is 0. The summed E-state index contributed by atoms with van der Waals surface area (Å²) in [5, 5.41) is 6.83. The van der Waals surface area contributed by atoms with Crippen molar-refractivity contribution < 1.29 is 0 Å². The molecule has 60 valence electrons. The number of hydrogen-bond donors (Lipinski definition) is 1. The van der Waals surface area contributed by atoms with Gasteiger partial charge in [0.05, 0.1) is 5.69 Å². The Morgan fingerprint density at radius 1 is 1.25 bits per heavy atom. The molecule has 0 unspecified atom stereocenters. The van der Waals surface area contributed by atoms with Gasteiger partial charge in [0.15, 0.2) is 0 Å². The van der Waals surface area contributed by atoms with Crippen molar-refractivity contribution in [2.24, 2.45) is 0 Å². The quantitative estimate of drug-likeness (QED) is 0.678. The van der Waals surface area contributed by atoms with Crippen LogP contribution >= 0.6 is 0 Å². The summed E-state index contributed by atoms with van der Waals surface area (Å²) in [4.78, 5) is 0. The smallest absolute Gasteiger partial charge is 0.0650 e. The second-order valence-corrected chi connectivity index (χ2v) is 2.84. The van der Waals surface area contributed by atoms with Gasteiger partial charge >= 0.3 is 0 Å². The topological polar surface area (TPSA) is 28.7 Å². The minimum absolute atomic E-state index is 1.07. The summed E-state index contributed by atoms with van der Waals surface area (Å²) in [5.41, 5.74) is 3.52. The molecule has 0 atom stereocenters. The van der Waals surface area contributed by atoms with E-state index in [4.69, 9.17) is 0 Å². The zero-order chi connectivity index (χ0) is 8.39. The van der Waals surface area contributed by atoms with Crippen LogP contribution in [0.25, 0.3) is 11.3 Å². The monoisotopic (exact) mass is 158 g/mol. The van der Waals surface area contributed by atoms with Crippen molar-refractivity contribution in [2.45, 2.75) is 6.92 Å². The summed E-state index contributed by atoms with van der Waals surface area (Å²) in [5.74, 6) is 0. The van der Waals surface area contributed by atoms with Crippen molar-refractivity contribution in [1.82, 2.24) is 10.2 Å². The van der Waals surface area contributed by atoms with Crippen LogP contribution < -0.4 is 0 Å². The van der Waals surface area contributed by atoms with Crippen LogP contribution in [0.5, 0.6) is 0 Å². The number of aromatic amines is 1. The van der Waals surface area contributed by atoms with Gasteiger partial charge in [0.25, 0.3) is 0 Å². The van der Waals surface area contributed by atoms with Crippen molar-refractivity contribution >= 4 is 0 Å². The number of nitrogens with zero attached hydrogens (tertiary/aromatic N) is 1. The average Bonchev–Trinajstić information content (AvgIpc) is 2.56. The molecule has 1 N–H and O–H groups in total. The molecule has 0 aliphatic carbocycles. The van der Waals surface area contributed by atoms with Crippen molar-refractivity contribution in [3.8, 4) is 11.3 Å². The summed E-state index contributed by atoms with van der Waals surface area (Å²) >= 11 is 0. The SMILES string of the molecule is Cc1cccc(-c2ccn[nH]2)c1. The van der Waals surface area contributed by atoms with Gasteiger partial charge in [0.2, 0.25) is 0 Å². The Morgan fingerprint density at radius 3 is 2.83 bits per heavy atom. The molecule has 1 heterocycles. The van der Waals surface area contributed by atoms with E-state index in [2.05, 4.69) is 35.3 Å². The summed E-state index contributed by atoms with van der Waals surface area (Å²) in [6.07, 6.45) is 1.76. The molecule has 0 aliphatic rings. The average molecular weight is 158 g/mol. The van der Waals surface area contributed by atoms with E-state index in [0.29, 0.717) is 0 Å². The predicted octanol–water partition coefficient (Wildman–Crippen LogP) is 2.39. The molecule has 1 aromatic carbocycles. The number of rotatable bonds is 1. The molecule has 0 saturated carbocycles. The maximum Gasteiger partial charge on any atom is 0.0650 e. The molecular weight excluding hydrogens is 148 g/mol. The maximum atomic E-state index is 3.90. The minimum atomic E-state index is 1.07. The molecule has 0 spiro atoms. The molecule has 2 aromatic rings. The summed E-state index contributed by atoms with van der Waals surface area (Å²) < 4.78 is 0. The van der Waals surface area contributed by atoms with Crippen LogP contribution in [-0.4, -0.2) is 10.2 Å². The number of nitrogens with one attached hydrogen (secondary N) is 1. The first-order valence-corrected chi connectivity index (χ1v) is 3.93. The van der Waals surface area contributed by atoms with E-state index in [0.717, 1.165) is 5.69 Å². The third-order valence-electron chi connectivity index (χ3n) is 1.83. The van der Waals surface area contributed by atoms with Crippen LogP contribution in [0, 0.1) is 6.92 Å². The van der Waals surface area contributed by atoms with E-state index < -0.39 is 0 Å². The fourth-order valence-corrected chi connectivity index (χ4v) is 1.23. The van der Waals surface area contributed by atoms with E-state index >= 15 is 0 Å². The van der Waals surface area contributed by atoms with E-state index in [1.165, 1.54) is 11.1 Å². The predicted molar refractivity (Wildman–Crippen MR) is 48.8 cm³/mol. The second-order valence-electron chi connectivity index (χ2n) is 2.84. The first kappa shape index (κ1) is 7.10. The molecule has 1 aromatic heterocycles. The van der Waals surface area contributed by atoms with Crippen molar-refractivity contribution in [3.63, 3.8) is 0 Å². The van der Waals surface area contributed by atoms with Gasteiger partial charge in [-0.3, -0.25) is 5.10 Å². The molecule has 0 fully saturated rings. The van der Waals surface area contributed by atoms with Crippen molar-refractivity contribution in [2.75, 3.05) is 0 Å². The van der Waals surface area contributed by atoms with E-state index in [1.54, 1.807) is 6.20 Å². The first-order valence-electron chi connectivity index (χ1n) is 3.93. The highest BCUT2D eigenvalue weighted by Crippen LogP contribution is 2.16. The van der Waals surface area contributed by atoms with Gasteiger partial charge < -0.3 is 0 Å². The molecule has 12 heavy (non-hydrogen) atoms. The Morgan fingerprint density at radius 2 is 2.17 bits per heavy atom. The van der Waals surface area contributed by atoms with Crippen LogP contribution in [0.4, 0.5) is 0 Å². The van der Waals surface area contributed by atoms with Crippen LogP contribution in [0.15, 0.2) is 36.5 Å². The Bertz CT molecular complexity index is 363. The lowest BCUT2D eigenvalue weighted by Crippen LogP contribution is -1.78. The standard InChI is InChI=1S/C10H10N2/c1-8-3-2-4-9(7-8)10-5-6-11-12-10/h2-7H,1H3,(H,11,12). The number of benzene rings is 1. The normalized spacial score (nSPS) is 10.1. The van der Waals surface area contributed by atoms with Crippen LogP contribution in [0.2, 0.25) is 0 Å². The van der Waals surface area contributed by atoms with Gasteiger partial charge in [-0.2, -0.15) is 5.10 Å². The maximum absolute atomic E-state index is 3.90. The highest BCUT2D eigenvalue weighted by molar-refractivity contribution is 5.59. The number of aromatic nitrogens is 2. The van der Waals surface area contributed by atoms with Gasteiger partial charge in [-0.15, -0.1) is 0 Å². The lowest BCUT2D eigenvalue weighted by molar-refractivity contribution is 1.09. The van der Waals surface area contributed by atoms with Gasteiger partial charge in [-0.05, 0) is 24.6 Å². The molecule has 0 amide bonds. The number of aryl methyl sites for hydroxylation is 1. The van der Waals surface area contributed by atoms with Crippen molar-refractivity contribution in [1.29, 1.82) is 0 Å². The Labute approximate surface area is 71.3 Å². The van der Waals surface area contributed by atoms with Gasteiger partial charge in [0.1, 0.15) is 0 Å². The summed E-state index contributed by atoms with van der Waals surface area (Å²) in [6.45, 7) is 2.08. The zero-order valence-corrected chi connectivity index (χ0v) is 6.91.